The van der Waals surface area contributed by atoms with Gasteiger partial charge in [0.05, 0.1) is 24.8 Å². The maximum Gasteiger partial charge on any atom is 0.123 e. The van der Waals surface area contributed by atoms with Crippen molar-refractivity contribution in [2.24, 2.45) is 0 Å². The van der Waals surface area contributed by atoms with E-state index in [1.54, 1.807) is 23.6 Å². The lowest BCUT2D eigenvalue weighted by molar-refractivity contribution is 0.794. The van der Waals surface area contributed by atoms with E-state index >= 15 is 0 Å². The molecule has 2 N–H and O–H groups in total. The van der Waals surface area contributed by atoms with Gasteiger partial charge in [-0.2, -0.15) is 0 Å². The van der Waals surface area contributed by atoms with Crippen LogP contribution in [0.3, 0.4) is 0 Å². The van der Waals surface area contributed by atoms with E-state index in [4.69, 9.17) is 5.73 Å². The van der Waals surface area contributed by atoms with Crippen molar-refractivity contribution in [1.29, 1.82) is 0 Å². The van der Waals surface area contributed by atoms with E-state index in [-0.39, 0.29) is 0 Å². The Morgan fingerprint density at radius 1 is 1.32 bits per heavy atom. The zero-order valence-corrected chi connectivity index (χ0v) is 11.3. The first-order valence-electron chi connectivity index (χ1n) is 5.85. The van der Waals surface area contributed by atoms with E-state index in [0.29, 0.717) is 5.82 Å². The molecule has 0 atom stereocenters. The Balaban J connectivity index is 1.92. The monoisotopic (exact) mass is 271 g/mol. The molecule has 0 fully saturated rings. The highest BCUT2D eigenvalue weighted by molar-refractivity contribution is 7.09. The summed E-state index contributed by atoms with van der Waals surface area (Å²) < 4.78 is 2.06. The average Bonchev–Trinajstić information content (AvgIpc) is 3.00. The lowest BCUT2D eigenvalue weighted by atomic mass is 10.2. The fraction of sp³-hybridized carbons (Fsp3) is 0.154. The Hall–Kier alpha value is -2.21. The average molecular weight is 271 g/mol. The standard InChI is InChI=1S/C13H13N5S/c1-9-7-19-13(17-9)6-18-8-15-5-11(18)10-2-3-12(14)16-4-10/h2-5,7-8H,6H2,1H3,(H2,14,16). The molecule has 3 aromatic heterocycles. The Morgan fingerprint density at radius 3 is 2.89 bits per heavy atom. The number of imidazole rings is 1. The van der Waals surface area contributed by atoms with Gasteiger partial charge >= 0.3 is 0 Å². The summed E-state index contributed by atoms with van der Waals surface area (Å²) in [6.45, 7) is 2.72. The molecular weight excluding hydrogens is 258 g/mol. The molecule has 0 aliphatic heterocycles. The van der Waals surface area contributed by atoms with E-state index in [2.05, 4.69) is 24.9 Å². The maximum absolute atomic E-state index is 5.60. The van der Waals surface area contributed by atoms with E-state index in [1.807, 2.05) is 25.5 Å². The number of aromatic nitrogens is 4. The predicted molar refractivity (Wildman–Crippen MR) is 75.8 cm³/mol. The smallest absolute Gasteiger partial charge is 0.123 e. The molecule has 5 nitrogen and oxygen atoms in total. The topological polar surface area (TPSA) is 69.6 Å². The van der Waals surface area contributed by atoms with E-state index in [1.165, 1.54) is 0 Å². The molecule has 0 unspecified atom stereocenters. The van der Waals surface area contributed by atoms with Gasteiger partial charge in [0.25, 0.3) is 0 Å². The molecule has 0 aliphatic carbocycles. The fourth-order valence-electron chi connectivity index (χ4n) is 1.86. The first-order chi connectivity index (χ1) is 9.22. The van der Waals surface area contributed by atoms with Gasteiger partial charge in [-0.3, -0.25) is 0 Å². The van der Waals surface area contributed by atoms with E-state index < -0.39 is 0 Å². The van der Waals surface area contributed by atoms with Crippen molar-refractivity contribution in [3.8, 4) is 11.3 Å². The van der Waals surface area contributed by atoms with Gasteiger partial charge in [-0.15, -0.1) is 11.3 Å². The van der Waals surface area contributed by atoms with Crippen LogP contribution in [0.4, 0.5) is 5.82 Å². The molecule has 3 rings (SSSR count). The Kier molecular flexibility index (Phi) is 3.00. The SMILES string of the molecule is Cc1csc(Cn2cncc2-c2ccc(N)nc2)n1. The molecule has 19 heavy (non-hydrogen) atoms. The van der Waals surface area contributed by atoms with Crippen molar-refractivity contribution >= 4 is 17.2 Å². The van der Waals surface area contributed by atoms with Crippen molar-refractivity contribution in [2.45, 2.75) is 13.5 Å². The molecule has 0 amide bonds. The maximum atomic E-state index is 5.60. The summed E-state index contributed by atoms with van der Waals surface area (Å²) in [5.41, 5.74) is 8.67. The second kappa shape index (κ2) is 4.81. The lowest BCUT2D eigenvalue weighted by Gasteiger charge is -2.06. The quantitative estimate of drug-likeness (QED) is 0.793. The van der Waals surface area contributed by atoms with Gasteiger partial charge in [0.2, 0.25) is 0 Å². The highest BCUT2D eigenvalue weighted by atomic mass is 32.1. The van der Waals surface area contributed by atoms with Gasteiger partial charge in [0, 0.05) is 22.8 Å². The first kappa shape index (κ1) is 11.9. The summed E-state index contributed by atoms with van der Waals surface area (Å²) in [6, 6.07) is 3.74. The molecule has 0 aliphatic rings. The molecule has 3 heterocycles. The van der Waals surface area contributed by atoms with Crippen LogP contribution in [-0.4, -0.2) is 19.5 Å². The van der Waals surface area contributed by atoms with Crippen molar-refractivity contribution in [2.75, 3.05) is 5.73 Å². The summed E-state index contributed by atoms with van der Waals surface area (Å²) in [5.74, 6) is 0.519. The third-order valence-electron chi connectivity index (χ3n) is 2.77. The van der Waals surface area contributed by atoms with Gasteiger partial charge in [-0.25, -0.2) is 15.0 Å². The minimum Gasteiger partial charge on any atom is -0.384 e. The molecule has 0 bridgehead atoms. The van der Waals surface area contributed by atoms with Crippen LogP contribution in [0.25, 0.3) is 11.3 Å². The molecule has 96 valence electrons. The molecule has 3 aromatic rings. The number of thiazole rings is 1. The fourth-order valence-corrected chi connectivity index (χ4v) is 2.63. The van der Waals surface area contributed by atoms with Crippen LogP contribution in [0.15, 0.2) is 36.2 Å². The summed E-state index contributed by atoms with van der Waals surface area (Å²) in [5, 5.41) is 3.12. The number of rotatable bonds is 3. The Morgan fingerprint density at radius 2 is 2.21 bits per heavy atom. The van der Waals surface area contributed by atoms with Crippen molar-refractivity contribution in [3.05, 3.63) is 46.9 Å². The zero-order chi connectivity index (χ0) is 13.2. The van der Waals surface area contributed by atoms with E-state index in [0.717, 1.165) is 28.5 Å². The first-order valence-corrected chi connectivity index (χ1v) is 6.73. The van der Waals surface area contributed by atoms with Crippen LogP contribution in [0.1, 0.15) is 10.7 Å². The molecule has 0 radical (unpaired) electrons. The highest BCUT2D eigenvalue weighted by Crippen LogP contribution is 2.20. The van der Waals surface area contributed by atoms with Crippen LogP contribution >= 0.6 is 11.3 Å². The third kappa shape index (κ3) is 2.48. The molecule has 0 saturated heterocycles. The van der Waals surface area contributed by atoms with Crippen LogP contribution in [0.2, 0.25) is 0 Å². The second-order valence-electron chi connectivity index (χ2n) is 4.26. The number of aryl methyl sites for hydroxylation is 1. The molecule has 0 saturated carbocycles. The molecular formula is C13H13N5S. The molecule has 0 aromatic carbocycles. The minimum atomic E-state index is 0.519. The van der Waals surface area contributed by atoms with Crippen LogP contribution < -0.4 is 5.73 Å². The third-order valence-corrected chi connectivity index (χ3v) is 3.72. The van der Waals surface area contributed by atoms with Gasteiger partial charge in [-0.05, 0) is 19.1 Å². The number of hydrogen-bond donors (Lipinski definition) is 1. The molecule has 6 heteroatoms. The van der Waals surface area contributed by atoms with Crippen LogP contribution in [0.5, 0.6) is 0 Å². The van der Waals surface area contributed by atoms with Crippen LogP contribution in [0, 0.1) is 6.92 Å². The predicted octanol–water partition coefficient (Wildman–Crippen LogP) is 2.34. The summed E-state index contributed by atoms with van der Waals surface area (Å²) in [7, 11) is 0. The van der Waals surface area contributed by atoms with Gasteiger partial charge in [0.15, 0.2) is 0 Å². The largest absolute Gasteiger partial charge is 0.384 e. The Labute approximate surface area is 114 Å². The number of pyridine rings is 1. The van der Waals surface area contributed by atoms with Gasteiger partial charge < -0.3 is 10.3 Å². The number of hydrogen-bond acceptors (Lipinski definition) is 5. The Bertz CT molecular complexity index is 683. The van der Waals surface area contributed by atoms with Crippen molar-refractivity contribution in [3.63, 3.8) is 0 Å². The van der Waals surface area contributed by atoms with Crippen molar-refractivity contribution < 1.29 is 0 Å². The number of anilines is 1. The molecule has 0 spiro atoms. The minimum absolute atomic E-state index is 0.519. The number of nitrogens with zero attached hydrogens (tertiary/aromatic N) is 4. The summed E-state index contributed by atoms with van der Waals surface area (Å²) in [6.07, 6.45) is 5.39. The van der Waals surface area contributed by atoms with E-state index in [9.17, 15) is 0 Å². The van der Waals surface area contributed by atoms with Gasteiger partial charge in [-0.1, -0.05) is 0 Å². The highest BCUT2D eigenvalue weighted by Gasteiger charge is 2.07. The van der Waals surface area contributed by atoms with Crippen molar-refractivity contribution in [1.82, 2.24) is 19.5 Å². The lowest BCUT2D eigenvalue weighted by Crippen LogP contribution is -2.00. The number of nitrogen functional groups attached to an aromatic ring is 1. The number of nitrogens with two attached hydrogens (primary N) is 1. The van der Waals surface area contributed by atoms with Crippen LogP contribution in [-0.2, 0) is 6.54 Å². The second-order valence-corrected chi connectivity index (χ2v) is 5.20. The van der Waals surface area contributed by atoms with Gasteiger partial charge in [0.1, 0.15) is 10.8 Å². The summed E-state index contributed by atoms with van der Waals surface area (Å²) >= 11 is 1.66. The normalized spacial score (nSPS) is 10.8. The summed E-state index contributed by atoms with van der Waals surface area (Å²) in [4.78, 5) is 12.8. The zero-order valence-electron chi connectivity index (χ0n) is 10.4.